The minimum Gasteiger partial charge on any atom is -0.423 e. The maximum Gasteiger partial charge on any atom is 0.336 e. The van der Waals surface area contributed by atoms with Gasteiger partial charge in [0.2, 0.25) is 0 Å². The molecule has 1 aromatic carbocycles. The first-order chi connectivity index (χ1) is 11.5. The number of ether oxygens (including phenoxy) is 1. The predicted molar refractivity (Wildman–Crippen MR) is 93.4 cm³/mol. The fourth-order valence-electron chi connectivity index (χ4n) is 3.89. The van der Waals surface area contributed by atoms with Crippen molar-refractivity contribution in [3.05, 3.63) is 45.3 Å². The molecular formula is C19H24N2O3. The molecule has 2 fully saturated rings. The van der Waals surface area contributed by atoms with Gasteiger partial charge in [-0.25, -0.2) is 4.79 Å². The van der Waals surface area contributed by atoms with Crippen LogP contribution in [0.3, 0.4) is 0 Å². The average Bonchev–Trinajstić information content (AvgIpc) is 2.97. The molecule has 4 rings (SSSR count). The number of nitrogens with one attached hydrogen (secondary N) is 1. The lowest BCUT2D eigenvalue weighted by atomic mass is 9.99. The fraction of sp³-hybridized carbons (Fsp3) is 0.526. The van der Waals surface area contributed by atoms with E-state index < -0.39 is 0 Å². The lowest BCUT2D eigenvalue weighted by Gasteiger charge is -2.40. The van der Waals surface area contributed by atoms with E-state index in [9.17, 15) is 4.79 Å². The van der Waals surface area contributed by atoms with Gasteiger partial charge in [-0.1, -0.05) is 0 Å². The highest BCUT2D eigenvalue weighted by Gasteiger charge is 2.39. The van der Waals surface area contributed by atoms with Gasteiger partial charge in [-0.3, -0.25) is 4.90 Å². The van der Waals surface area contributed by atoms with E-state index >= 15 is 0 Å². The van der Waals surface area contributed by atoms with E-state index in [2.05, 4.69) is 23.2 Å². The van der Waals surface area contributed by atoms with Crippen LogP contribution in [0.5, 0.6) is 0 Å². The summed E-state index contributed by atoms with van der Waals surface area (Å²) in [6.45, 7) is 9.39. The SMILES string of the molecule is Cc1cc2oc(=O)cc(CN3CCOC4(CCNC4)C3)c2cc1C. The van der Waals surface area contributed by atoms with Gasteiger partial charge in [0.1, 0.15) is 5.58 Å². The van der Waals surface area contributed by atoms with E-state index in [1.165, 1.54) is 5.56 Å². The van der Waals surface area contributed by atoms with Gasteiger partial charge in [0.15, 0.2) is 0 Å². The molecule has 1 unspecified atom stereocenters. The van der Waals surface area contributed by atoms with Crippen LogP contribution in [0, 0.1) is 13.8 Å². The molecule has 0 saturated carbocycles. The molecule has 5 nitrogen and oxygen atoms in total. The Balaban J connectivity index is 1.66. The second-order valence-electron chi connectivity index (χ2n) is 7.19. The number of rotatable bonds is 2. The van der Waals surface area contributed by atoms with Crippen molar-refractivity contribution in [1.29, 1.82) is 0 Å². The Morgan fingerprint density at radius 3 is 2.88 bits per heavy atom. The van der Waals surface area contributed by atoms with E-state index in [1.54, 1.807) is 6.07 Å². The summed E-state index contributed by atoms with van der Waals surface area (Å²) in [4.78, 5) is 14.4. The van der Waals surface area contributed by atoms with Crippen molar-refractivity contribution < 1.29 is 9.15 Å². The minimum absolute atomic E-state index is 0.0555. The fourth-order valence-corrected chi connectivity index (χ4v) is 3.89. The van der Waals surface area contributed by atoms with E-state index in [0.717, 1.165) is 62.3 Å². The van der Waals surface area contributed by atoms with Gasteiger partial charge in [-0.05, 0) is 55.6 Å². The number of benzene rings is 1. The predicted octanol–water partition coefficient (Wildman–Crippen LogP) is 1.97. The Morgan fingerprint density at radius 2 is 2.08 bits per heavy atom. The summed E-state index contributed by atoms with van der Waals surface area (Å²) in [5.41, 5.74) is 3.77. The highest BCUT2D eigenvalue weighted by Crippen LogP contribution is 2.27. The zero-order valence-corrected chi connectivity index (χ0v) is 14.4. The first-order valence-electron chi connectivity index (χ1n) is 8.66. The highest BCUT2D eigenvalue weighted by molar-refractivity contribution is 5.81. The molecule has 1 spiro atoms. The van der Waals surface area contributed by atoms with Crippen molar-refractivity contribution in [1.82, 2.24) is 10.2 Å². The van der Waals surface area contributed by atoms with E-state index in [-0.39, 0.29) is 11.2 Å². The monoisotopic (exact) mass is 328 g/mol. The minimum atomic E-state index is -0.272. The molecule has 1 atom stereocenters. The molecule has 0 aliphatic carbocycles. The molecular weight excluding hydrogens is 304 g/mol. The molecule has 1 aromatic heterocycles. The zero-order valence-electron chi connectivity index (χ0n) is 14.4. The smallest absolute Gasteiger partial charge is 0.336 e. The lowest BCUT2D eigenvalue weighted by Crippen LogP contribution is -2.52. The largest absolute Gasteiger partial charge is 0.423 e. The number of hydrogen-bond acceptors (Lipinski definition) is 5. The molecule has 2 aromatic rings. The van der Waals surface area contributed by atoms with Crippen LogP contribution in [0.25, 0.3) is 11.0 Å². The molecule has 24 heavy (non-hydrogen) atoms. The molecule has 5 heteroatoms. The molecule has 0 amide bonds. The van der Waals surface area contributed by atoms with E-state index in [0.29, 0.717) is 5.58 Å². The van der Waals surface area contributed by atoms with Gasteiger partial charge in [0, 0.05) is 37.6 Å². The van der Waals surface area contributed by atoms with Crippen LogP contribution >= 0.6 is 0 Å². The lowest BCUT2D eigenvalue weighted by molar-refractivity contribution is -0.0983. The topological polar surface area (TPSA) is 54.7 Å². The molecule has 2 aliphatic heterocycles. The molecule has 3 heterocycles. The van der Waals surface area contributed by atoms with Crippen molar-refractivity contribution in [2.75, 3.05) is 32.8 Å². The summed E-state index contributed by atoms with van der Waals surface area (Å²) in [5, 5.41) is 4.45. The van der Waals surface area contributed by atoms with Gasteiger partial charge in [-0.15, -0.1) is 0 Å². The Kier molecular flexibility index (Phi) is 3.95. The standard InChI is InChI=1S/C19H24N2O3/c1-13-7-16-15(9-18(22)24-17(16)8-14(13)2)10-21-5-6-23-19(12-21)3-4-20-11-19/h7-9,20H,3-6,10-12H2,1-2H3. The Hall–Kier alpha value is -1.69. The summed E-state index contributed by atoms with van der Waals surface area (Å²) in [6.07, 6.45) is 1.06. The number of morpholine rings is 1. The van der Waals surface area contributed by atoms with Crippen LogP contribution in [0.15, 0.2) is 27.4 Å². The second kappa shape index (κ2) is 5.99. The van der Waals surface area contributed by atoms with E-state index in [4.69, 9.17) is 9.15 Å². The number of fused-ring (bicyclic) bond motifs is 1. The molecule has 0 bridgehead atoms. The van der Waals surface area contributed by atoms with Gasteiger partial charge >= 0.3 is 5.63 Å². The van der Waals surface area contributed by atoms with Gasteiger partial charge in [0.05, 0.1) is 12.2 Å². The van der Waals surface area contributed by atoms with Gasteiger partial charge in [-0.2, -0.15) is 0 Å². The van der Waals surface area contributed by atoms with Crippen molar-refractivity contribution in [2.24, 2.45) is 0 Å². The zero-order chi connectivity index (χ0) is 16.7. The van der Waals surface area contributed by atoms with Crippen LogP contribution in [0.1, 0.15) is 23.1 Å². The summed E-state index contributed by atoms with van der Waals surface area (Å²) >= 11 is 0. The Bertz CT molecular complexity index is 821. The maximum absolute atomic E-state index is 12.0. The summed E-state index contributed by atoms with van der Waals surface area (Å²) in [5.74, 6) is 0. The van der Waals surface area contributed by atoms with Crippen LogP contribution in [-0.2, 0) is 11.3 Å². The van der Waals surface area contributed by atoms with Crippen LogP contribution in [0.4, 0.5) is 0 Å². The maximum atomic E-state index is 12.0. The molecule has 2 aliphatic rings. The third-order valence-electron chi connectivity index (χ3n) is 5.37. The molecule has 1 N–H and O–H groups in total. The third-order valence-corrected chi connectivity index (χ3v) is 5.37. The van der Waals surface area contributed by atoms with Gasteiger partial charge < -0.3 is 14.5 Å². The highest BCUT2D eigenvalue weighted by atomic mass is 16.5. The first-order valence-corrected chi connectivity index (χ1v) is 8.66. The first kappa shape index (κ1) is 15.8. The average molecular weight is 328 g/mol. The molecule has 128 valence electrons. The second-order valence-corrected chi connectivity index (χ2v) is 7.19. The molecule has 2 saturated heterocycles. The molecule has 0 radical (unpaired) electrons. The van der Waals surface area contributed by atoms with Crippen LogP contribution in [-0.4, -0.2) is 43.3 Å². The summed E-state index contributed by atoms with van der Waals surface area (Å²) < 4.78 is 11.5. The van der Waals surface area contributed by atoms with Crippen LogP contribution in [0.2, 0.25) is 0 Å². The Morgan fingerprint density at radius 1 is 1.25 bits per heavy atom. The van der Waals surface area contributed by atoms with Crippen molar-refractivity contribution in [3.8, 4) is 0 Å². The van der Waals surface area contributed by atoms with Crippen molar-refractivity contribution >= 4 is 11.0 Å². The quantitative estimate of drug-likeness (QED) is 0.854. The van der Waals surface area contributed by atoms with Gasteiger partial charge in [0.25, 0.3) is 0 Å². The Labute approximate surface area is 141 Å². The summed E-state index contributed by atoms with van der Waals surface area (Å²) in [7, 11) is 0. The summed E-state index contributed by atoms with van der Waals surface area (Å²) in [6, 6.07) is 5.75. The number of nitrogens with zero attached hydrogens (tertiary/aromatic N) is 1. The third kappa shape index (κ3) is 2.88. The van der Waals surface area contributed by atoms with Crippen molar-refractivity contribution in [2.45, 2.75) is 32.4 Å². The van der Waals surface area contributed by atoms with Crippen LogP contribution < -0.4 is 10.9 Å². The van der Waals surface area contributed by atoms with E-state index in [1.807, 2.05) is 13.0 Å². The number of hydrogen-bond donors (Lipinski definition) is 1. The normalized spacial score (nSPS) is 24.9. The van der Waals surface area contributed by atoms with Crippen molar-refractivity contribution in [3.63, 3.8) is 0 Å². The number of aryl methyl sites for hydroxylation is 2.